The zero-order chi connectivity index (χ0) is 77.4. The van der Waals surface area contributed by atoms with E-state index in [0.29, 0.717) is 31.6 Å². The van der Waals surface area contributed by atoms with Crippen LogP contribution in [-0.4, -0.2) is 96.7 Å². The molecule has 105 heavy (non-hydrogen) atoms. The summed E-state index contributed by atoms with van der Waals surface area (Å²) in [5, 5.41) is 10.7. The molecule has 17 nitrogen and oxygen atoms in total. The van der Waals surface area contributed by atoms with Crippen LogP contribution in [0.3, 0.4) is 0 Å². The van der Waals surface area contributed by atoms with Gasteiger partial charge in [0.25, 0.3) is 0 Å². The number of hydrogen-bond acceptors (Lipinski definition) is 15. The molecule has 19 heteroatoms. The first kappa shape index (κ1) is 103. The van der Waals surface area contributed by atoms with E-state index in [-0.39, 0.29) is 25.7 Å². The summed E-state index contributed by atoms with van der Waals surface area (Å²) in [5.74, 6) is 1.08. The van der Waals surface area contributed by atoms with Crippen LogP contribution in [0.4, 0.5) is 0 Å². The number of phosphoric ester groups is 2. The lowest BCUT2D eigenvalue weighted by Gasteiger charge is -2.21. The Labute approximate surface area is 645 Å². The fourth-order valence-electron chi connectivity index (χ4n) is 13.3. The van der Waals surface area contributed by atoms with E-state index in [1.807, 2.05) is 0 Å². The number of esters is 4. The van der Waals surface area contributed by atoms with Crippen LogP contribution >= 0.6 is 15.6 Å². The van der Waals surface area contributed by atoms with Crippen molar-refractivity contribution in [3.63, 3.8) is 0 Å². The van der Waals surface area contributed by atoms with Gasteiger partial charge in [-0.2, -0.15) is 0 Å². The molecule has 0 amide bonds. The first-order chi connectivity index (χ1) is 50.7. The van der Waals surface area contributed by atoms with Crippen molar-refractivity contribution in [1.29, 1.82) is 0 Å². The molecule has 0 heterocycles. The van der Waals surface area contributed by atoms with Gasteiger partial charge in [-0.3, -0.25) is 37.3 Å². The van der Waals surface area contributed by atoms with Crippen LogP contribution in [0.1, 0.15) is 447 Å². The van der Waals surface area contributed by atoms with E-state index in [2.05, 4.69) is 55.4 Å². The molecule has 5 unspecified atom stereocenters. The van der Waals surface area contributed by atoms with E-state index in [0.717, 1.165) is 114 Å². The maximum atomic E-state index is 13.1. The third-order valence-corrected chi connectivity index (χ3v) is 22.7. The predicted molar refractivity (Wildman–Crippen MR) is 432 cm³/mol. The summed E-state index contributed by atoms with van der Waals surface area (Å²) < 4.78 is 68.9. The van der Waals surface area contributed by atoms with Gasteiger partial charge >= 0.3 is 39.5 Å². The van der Waals surface area contributed by atoms with Crippen molar-refractivity contribution >= 4 is 39.5 Å². The van der Waals surface area contributed by atoms with Crippen LogP contribution in [0.2, 0.25) is 0 Å². The lowest BCUT2D eigenvalue weighted by atomic mass is 9.99. The van der Waals surface area contributed by atoms with E-state index in [1.165, 1.54) is 244 Å². The van der Waals surface area contributed by atoms with Crippen LogP contribution < -0.4 is 0 Å². The third kappa shape index (κ3) is 77.2. The quantitative estimate of drug-likeness (QED) is 0.0222. The number of aliphatic hydroxyl groups excluding tert-OH is 1. The van der Waals surface area contributed by atoms with Gasteiger partial charge in [0.15, 0.2) is 12.2 Å². The van der Waals surface area contributed by atoms with Crippen LogP contribution in [0.5, 0.6) is 0 Å². The molecule has 0 aromatic carbocycles. The summed E-state index contributed by atoms with van der Waals surface area (Å²) in [7, 11) is -9.93. The highest BCUT2D eigenvalue weighted by molar-refractivity contribution is 7.47. The average Bonchev–Trinajstić information content (AvgIpc) is 0.942. The number of unbranched alkanes of at least 4 members (excludes halogenated alkanes) is 47. The fourth-order valence-corrected chi connectivity index (χ4v) is 14.8. The van der Waals surface area contributed by atoms with Crippen LogP contribution in [-0.2, 0) is 65.4 Å². The Morgan fingerprint density at radius 2 is 0.457 bits per heavy atom. The van der Waals surface area contributed by atoms with Gasteiger partial charge in [0, 0.05) is 25.7 Å². The number of ether oxygens (including phenoxy) is 4. The van der Waals surface area contributed by atoms with Crippen LogP contribution in [0.25, 0.3) is 0 Å². The predicted octanol–water partition coefficient (Wildman–Crippen LogP) is 25.9. The lowest BCUT2D eigenvalue weighted by Crippen LogP contribution is -2.30. The molecule has 0 rings (SSSR count). The molecule has 0 aliphatic rings. The lowest BCUT2D eigenvalue weighted by molar-refractivity contribution is -0.161. The highest BCUT2D eigenvalue weighted by Gasteiger charge is 2.31. The van der Waals surface area contributed by atoms with Crippen molar-refractivity contribution in [3.05, 3.63) is 0 Å². The number of rotatable bonds is 83. The van der Waals surface area contributed by atoms with Crippen molar-refractivity contribution in [1.82, 2.24) is 0 Å². The number of aliphatic hydroxyl groups is 1. The molecule has 0 fully saturated rings. The summed E-state index contributed by atoms with van der Waals surface area (Å²) in [6.45, 7) is 14.3. The summed E-state index contributed by atoms with van der Waals surface area (Å²) in [6.07, 6.45) is 63.9. The smallest absolute Gasteiger partial charge is 0.462 e. The van der Waals surface area contributed by atoms with Gasteiger partial charge in [-0.05, 0) is 49.4 Å². The Kier molecular flexibility index (Phi) is 73.4. The van der Waals surface area contributed by atoms with Gasteiger partial charge in [0.2, 0.25) is 0 Å². The van der Waals surface area contributed by atoms with Crippen molar-refractivity contribution in [3.8, 4) is 0 Å². The Morgan fingerprint density at radius 1 is 0.267 bits per heavy atom. The molecular formula is C86H168O17P2. The molecule has 0 radical (unpaired) electrons. The molecular weight excluding hydrogens is 1370 g/mol. The van der Waals surface area contributed by atoms with Crippen molar-refractivity contribution in [2.24, 2.45) is 23.7 Å². The molecule has 0 aliphatic heterocycles. The molecule has 0 bridgehead atoms. The summed E-state index contributed by atoms with van der Waals surface area (Å²) in [4.78, 5) is 73.2. The maximum absolute atomic E-state index is 13.1. The summed E-state index contributed by atoms with van der Waals surface area (Å²) in [6, 6.07) is 0. The Balaban J connectivity index is 5.23. The SMILES string of the molecule is CCC(C)CCCCCCCCCCCCCCCCCCCCC(=O)O[C@H](COC(=O)CCCCCCCCCCCCCCCCCCC(C)C)COP(=O)(O)OCC(O)COP(=O)(O)OC[C@@H](COC(=O)CCCCCCCCCC(C)C)OC(=O)CCCCCCCCCCCCC(C)CC. The highest BCUT2D eigenvalue weighted by atomic mass is 31.2. The second-order valence-electron chi connectivity index (χ2n) is 32.4. The highest BCUT2D eigenvalue weighted by Crippen LogP contribution is 2.45. The molecule has 0 spiro atoms. The number of hydrogen-bond donors (Lipinski definition) is 3. The first-order valence-electron chi connectivity index (χ1n) is 44.3. The van der Waals surface area contributed by atoms with Gasteiger partial charge in [-0.1, -0.05) is 396 Å². The zero-order valence-corrected chi connectivity index (χ0v) is 71.2. The topological polar surface area (TPSA) is 237 Å². The normalized spacial score (nSPS) is 14.4. The summed E-state index contributed by atoms with van der Waals surface area (Å²) >= 11 is 0. The van der Waals surface area contributed by atoms with Gasteiger partial charge in [-0.15, -0.1) is 0 Å². The van der Waals surface area contributed by atoms with Crippen molar-refractivity contribution < 1.29 is 80.2 Å². The second-order valence-corrected chi connectivity index (χ2v) is 35.3. The molecule has 0 aromatic rings. The van der Waals surface area contributed by atoms with E-state index in [9.17, 15) is 43.2 Å². The van der Waals surface area contributed by atoms with E-state index in [1.54, 1.807) is 0 Å². The minimum Gasteiger partial charge on any atom is -0.462 e. The number of carbonyl (C=O) groups excluding carboxylic acids is 4. The van der Waals surface area contributed by atoms with E-state index >= 15 is 0 Å². The average molecular weight is 1540 g/mol. The molecule has 3 N–H and O–H groups in total. The largest absolute Gasteiger partial charge is 0.472 e. The molecule has 0 saturated carbocycles. The molecule has 0 aliphatic carbocycles. The number of phosphoric acid groups is 2. The fraction of sp³-hybridized carbons (Fsp3) is 0.953. The third-order valence-electron chi connectivity index (χ3n) is 20.8. The first-order valence-corrected chi connectivity index (χ1v) is 47.3. The van der Waals surface area contributed by atoms with Crippen molar-refractivity contribution in [2.75, 3.05) is 39.6 Å². The molecule has 624 valence electrons. The monoisotopic (exact) mass is 1540 g/mol. The minimum absolute atomic E-state index is 0.105. The minimum atomic E-state index is -4.97. The molecule has 0 aromatic heterocycles. The standard InChI is InChI=1S/C86H168O17P2/c1-9-78(7)64-56-48-40-32-26-22-18-13-11-12-14-20-24-28-35-43-52-60-68-85(90)102-81(72-96-83(88)66-58-50-42-34-27-23-19-16-15-17-21-25-31-38-46-54-62-76(3)4)74-100-104(92,93)98-70-80(87)71-99-105(94,95)101-75-82(73-97-84(89)67-59-51-45-37-39-47-55-63-77(5)6)103-86(91)69-61-53-44-36-30-29-33-41-49-57-65-79(8)10-2/h76-82,87H,9-75H2,1-8H3,(H,92,93)(H,94,95)/t78?,79?,80?,81-,82-/m1/s1. The summed E-state index contributed by atoms with van der Waals surface area (Å²) in [5.41, 5.74) is 0. The Bertz CT molecular complexity index is 2050. The van der Waals surface area contributed by atoms with Gasteiger partial charge in [-0.25, -0.2) is 9.13 Å². The zero-order valence-electron chi connectivity index (χ0n) is 69.4. The van der Waals surface area contributed by atoms with Gasteiger partial charge in [0.05, 0.1) is 26.4 Å². The van der Waals surface area contributed by atoms with Crippen LogP contribution in [0.15, 0.2) is 0 Å². The van der Waals surface area contributed by atoms with Gasteiger partial charge in [0.1, 0.15) is 19.3 Å². The second kappa shape index (κ2) is 74.8. The Hall–Kier alpha value is -1.94. The van der Waals surface area contributed by atoms with E-state index in [4.69, 9.17) is 37.0 Å². The van der Waals surface area contributed by atoms with E-state index < -0.39 is 97.5 Å². The molecule has 0 saturated heterocycles. The van der Waals surface area contributed by atoms with Crippen LogP contribution in [0, 0.1) is 23.7 Å². The Morgan fingerprint density at radius 3 is 0.676 bits per heavy atom. The van der Waals surface area contributed by atoms with Gasteiger partial charge < -0.3 is 33.8 Å². The number of carbonyl (C=O) groups is 4. The maximum Gasteiger partial charge on any atom is 0.472 e. The van der Waals surface area contributed by atoms with Crippen molar-refractivity contribution in [2.45, 2.75) is 465 Å². The molecule has 7 atom stereocenters.